The standard InChI is InChI=1S/C15H26IN3O3Si/c1-15(2,3)23(4,5)22-13-10-18(14(20)21)7-6-12(13)19-9-11(16)8-17-19/h8-9,12-13H,6-7,10H2,1-5H3,(H,20,21). The molecule has 1 aromatic rings. The Morgan fingerprint density at radius 3 is 2.61 bits per heavy atom. The van der Waals surface area contributed by atoms with Crippen LogP contribution in [0.2, 0.25) is 18.1 Å². The molecule has 2 rings (SSSR count). The molecular formula is C15H26IN3O3Si. The van der Waals surface area contributed by atoms with Crippen molar-refractivity contribution >= 4 is 37.0 Å². The van der Waals surface area contributed by atoms with Gasteiger partial charge in [0.05, 0.1) is 28.5 Å². The summed E-state index contributed by atoms with van der Waals surface area (Å²) in [5.74, 6) is 0. The third-order valence-electron chi connectivity index (χ3n) is 4.96. The predicted octanol–water partition coefficient (Wildman–Crippen LogP) is 3.80. The normalized spacial score (nSPS) is 23.1. The predicted molar refractivity (Wildman–Crippen MR) is 100 cm³/mol. The van der Waals surface area contributed by atoms with Crippen LogP contribution in [0.4, 0.5) is 4.79 Å². The Hall–Kier alpha value is -0.613. The van der Waals surface area contributed by atoms with Crippen molar-refractivity contribution in [3.05, 3.63) is 16.0 Å². The molecule has 1 aromatic heterocycles. The van der Waals surface area contributed by atoms with Gasteiger partial charge in [-0.3, -0.25) is 4.68 Å². The number of hydrogen-bond donors (Lipinski definition) is 1. The fourth-order valence-corrected chi connectivity index (χ4v) is 4.30. The van der Waals surface area contributed by atoms with E-state index in [-0.39, 0.29) is 17.2 Å². The first-order valence-electron chi connectivity index (χ1n) is 7.86. The van der Waals surface area contributed by atoms with Gasteiger partial charge in [0.15, 0.2) is 8.32 Å². The monoisotopic (exact) mass is 451 g/mol. The summed E-state index contributed by atoms with van der Waals surface area (Å²) in [5.41, 5.74) is 0. The molecule has 2 unspecified atom stereocenters. The zero-order valence-electron chi connectivity index (χ0n) is 14.4. The molecule has 1 aliphatic rings. The lowest BCUT2D eigenvalue weighted by molar-refractivity contribution is 0.0326. The van der Waals surface area contributed by atoms with E-state index in [2.05, 4.69) is 61.6 Å². The Labute approximate surface area is 152 Å². The van der Waals surface area contributed by atoms with E-state index in [0.29, 0.717) is 13.1 Å². The molecular weight excluding hydrogens is 425 g/mol. The molecule has 2 atom stereocenters. The maximum absolute atomic E-state index is 11.4. The Balaban J connectivity index is 2.25. The van der Waals surface area contributed by atoms with Gasteiger partial charge in [0.1, 0.15) is 0 Å². The fraction of sp³-hybridized carbons (Fsp3) is 0.733. The minimum Gasteiger partial charge on any atom is -0.465 e. The first-order valence-corrected chi connectivity index (χ1v) is 11.9. The molecule has 1 aliphatic heterocycles. The lowest BCUT2D eigenvalue weighted by atomic mass is 10.0. The smallest absolute Gasteiger partial charge is 0.407 e. The molecule has 0 aliphatic carbocycles. The van der Waals surface area contributed by atoms with E-state index in [4.69, 9.17) is 4.43 Å². The highest BCUT2D eigenvalue weighted by molar-refractivity contribution is 14.1. The summed E-state index contributed by atoms with van der Waals surface area (Å²) in [6, 6.07) is 0.0863. The SMILES string of the molecule is CC(C)(C)[Si](C)(C)OC1CN(C(=O)O)CCC1n1cc(I)cn1. The third kappa shape index (κ3) is 4.27. The van der Waals surface area contributed by atoms with Gasteiger partial charge in [-0.2, -0.15) is 5.10 Å². The maximum Gasteiger partial charge on any atom is 0.407 e. The van der Waals surface area contributed by atoms with Gasteiger partial charge in [-0.05, 0) is 47.1 Å². The van der Waals surface area contributed by atoms with E-state index >= 15 is 0 Å². The number of halogens is 1. The van der Waals surface area contributed by atoms with Crippen LogP contribution in [-0.2, 0) is 4.43 Å². The highest BCUT2D eigenvalue weighted by atomic mass is 127. The second-order valence-electron chi connectivity index (χ2n) is 7.64. The fourth-order valence-electron chi connectivity index (χ4n) is 2.55. The van der Waals surface area contributed by atoms with E-state index in [1.807, 2.05) is 17.1 Å². The number of rotatable bonds is 3. The maximum atomic E-state index is 11.4. The number of carboxylic acid groups (broad SMARTS) is 1. The van der Waals surface area contributed by atoms with Crippen molar-refractivity contribution in [3.63, 3.8) is 0 Å². The summed E-state index contributed by atoms with van der Waals surface area (Å²) in [6.45, 7) is 11.9. The van der Waals surface area contributed by atoms with Crippen molar-refractivity contribution in [1.82, 2.24) is 14.7 Å². The van der Waals surface area contributed by atoms with Crippen LogP contribution >= 0.6 is 22.6 Å². The molecule has 1 N–H and O–H groups in total. The molecule has 0 saturated carbocycles. The van der Waals surface area contributed by atoms with Crippen LogP contribution in [0.25, 0.3) is 0 Å². The number of nitrogens with zero attached hydrogens (tertiary/aromatic N) is 3. The van der Waals surface area contributed by atoms with Gasteiger partial charge < -0.3 is 14.4 Å². The zero-order chi connectivity index (χ0) is 17.4. The highest BCUT2D eigenvalue weighted by Crippen LogP contribution is 2.39. The quantitative estimate of drug-likeness (QED) is 0.561. The zero-order valence-corrected chi connectivity index (χ0v) is 17.6. The summed E-state index contributed by atoms with van der Waals surface area (Å²) in [4.78, 5) is 12.8. The largest absolute Gasteiger partial charge is 0.465 e. The van der Waals surface area contributed by atoms with E-state index in [9.17, 15) is 9.90 Å². The molecule has 1 amide bonds. The second-order valence-corrected chi connectivity index (χ2v) is 13.6. The molecule has 0 bridgehead atoms. The van der Waals surface area contributed by atoms with Gasteiger partial charge in [0, 0.05) is 12.7 Å². The van der Waals surface area contributed by atoms with Gasteiger partial charge in [-0.25, -0.2) is 4.79 Å². The minimum absolute atomic E-state index is 0.0849. The molecule has 0 radical (unpaired) electrons. The molecule has 8 heteroatoms. The van der Waals surface area contributed by atoms with Crippen LogP contribution in [-0.4, -0.2) is 53.4 Å². The summed E-state index contributed by atoms with van der Waals surface area (Å²) < 4.78 is 9.59. The van der Waals surface area contributed by atoms with Crippen molar-refractivity contribution in [2.75, 3.05) is 13.1 Å². The molecule has 130 valence electrons. The van der Waals surface area contributed by atoms with Crippen LogP contribution in [0.3, 0.4) is 0 Å². The van der Waals surface area contributed by atoms with Crippen molar-refractivity contribution < 1.29 is 14.3 Å². The van der Waals surface area contributed by atoms with E-state index in [1.54, 1.807) is 0 Å². The number of amides is 1. The van der Waals surface area contributed by atoms with Gasteiger partial charge in [-0.1, -0.05) is 20.8 Å². The van der Waals surface area contributed by atoms with Crippen LogP contribution in [0, 0.1) is 3.57 Å². The van der Waals surface area contributed by atoms with E-state index in [0.717, 1.165) is 9.99 Å². The van der Waals surface area contributed by atoms with Crippen LogP contribution in [0.1, 0.15) is 33.2 Å². The molecule has 0 spiro atoms. The first kappa shape index (κ1) is 18.7. The summed E-state index contributed by atoms with van der Waals surface area (Å²) >= 11 is 2.24. The number of likely N-dealkylation sites (tertiary alicyclic amines) is 1. The summed E-state index contributed by atoms with van der Waals surface area (Å²) in [7, 11) is -1.99. The minimum atomic E-state index is -1.99. The number of hydrogen-bond acceptors (Lipinski definition) is 3. The summed E-state index contributed by atoms with van der Waals surface area (Å²) in [5, 5.41) is 13.8. The lowest BCUT2D eigenvalue weighted by Gasteiger charge is -2.44. The molecule has 2 heterocycles. The van der Waals surface area contributed by atoms with Crippen molar-refractivity contribution in [3.8, 4) is 0 Å². The number of piperidine rings is 1. The van der Waals surface area contributed by atoms with Crippen LogP contribution in [0.5, 0.6) is 0 Å². The van der Waals surface area contributed by atoms with E-state index < -0.39 is 14.4 Å². The van der Waals surface area contributed by atoms with Crippen LogP contribution in [0.15, 0.2) is 12.4 Å². The van der Waals surface area contributed by atoms with Gasteiger partial charge >= 0.3 is 6.09 Å². The molecule has 0 aromatic carbocycles. The first-order chi connectivity index (χ1) is 10.5. The van der Waals surface area contributed by atoms with Crippen molar-refractivity contribution in [2.24, 2.45) is 0 Å². The average Bonchev–Trinajstić information content (AvgIpc) is 2.83. The van der Waals surface area contributed by atoms with Gasteiger partial charge in [-0.15, -0.1) is 0 Å². The molecule has 6 nitrogen and oxygen atoms in total. The van der Waals surface area contributed by atoms with Crippen molar-refractivity contribution in [1.29, 1.82) is 0 Å². The van der Waals surface area contributed by atoms with E-state index in [1.165, 1.54) is 4.90 Å². The third-order valence-corrected chi connectivity index (χ3v) is 10.0. The lowest BCUT2D eigenvalue weighted by Crippen LogP contribution is -2.53. The number of carbonyl (C=O) groups is 1. The van der Waals surface area contributed by atoms with Crippen molar-refractivity contribution in [2.45, 2.75) is 57.5 Å². The molecule has 1 fully saturated rings. The summed E-state index contributed by atoms with van der Waals surface area (Å²) in [6.07, 6.45) is 3.53. The Kier molecular flexibility index (Phi) is 5.46. The molecule has 23 heavy (non-hydrogen) atoms. The second kappa shape index (κ2) is 6.71. The van der Waals surface area contributed by atoms with Gasteiger partial charge in [0.2, 0.25) is 0 Å². The molecule has 1 saturated heterocycles. The Morgan fingerprint density at radius 1 is 1.48 bits per heavy atom. The average molecular weight is 451 g/mol. The topological polar surface area (TPSA) is 67.6 Å². The number of aromatic nitrogens is 2. The van der Waals surface area contributed by atoms with Crippen LogP contribution < -0.4 is 0 Å². The Morgan fingerprint density at radius 2 is 2.13 bits per heavy atom. The van der Waals surface area contributed by atoms with Gasteiger partial charge in [0.25, 0.3) is 0 Å². The highest BCUT2D eigenvalue weighted by Gasteiger charge is 2.43. The Bertz CT molecular complexity index is 571.